The first-order valence-electron chi connectivity index (χ1n) is 10.1. The fraction of sp³-hybridized carbons (Fsp3) is 0.476. The van der Waals surface area contributed by atoms with E-state index in [0.717, 1.165) is 37.8 Å². The quantitative estimate of drug-likeness (QED) is 0.377. The van der Waals surface area contributed by atoms with Crippen molar-refractivity contribution in [1.29, 1.82) is 0 Å². The monoisotopic (exact) mass is 524 g/mol. The van der Waals surface area contributed by atoms with Gasteiger partial charge in [-0.15, -0.1) is 24.0 Å². The van der Waals surface area contributed by atoms with Crippen molar-refractivity contribution in [3.05, 3.63) is 48.3 Å². The summed E-state index contributed by atoms with van der Waals surface area (Å²) in [6.07, 6.45) is 4.71. The van der Waals surface area contributed by atoms with Gasteiger partial charge in [0.15, 0.2) is 5.96 Å². The molecule has 0 bridgehead atoms. The number of amides is 1. The van der Waals surface area contributed by atoms with Crippen molar-refractivity contribution in [2.45, 2.75) is 12.5 Å². The van der Waals surface area contributed by atoms with Gasteiger partial charge in [0.05, 0.1) is 18.0 Å². The number of anilines is 1. The maximum Gasteiger partial charge on any atom is 0.246 e. The predicted octanol–water partition coefficient (Wildman–Crippen LogP) is 2.04. The lowest BCUT2D eigenvalue weighted by Crippen LogP contribution is -2.55. The molecule has 0 radical (unpaired) electrons. The van der Waals surface area contributed by atoms with Gasteiger partial charge in [0.25, 0.3) is 0 Å². The average molecular weight is 524 g/mol. The molecule has 162 valence electrons. The van der Waals surface area contributed by atoms with Crippen LogP contribution in [-0.2, 0) is 16.6 Å². The van der Waals surface area contributed by atoms with Gasteiger partial charge in [-0.1, -0.05) is 30.3 Å². The topological polar surface area (TPSA) is 75.0 Å². The van der Waals surface area contributed by atoms with Gasteiger partial charge in [0, 0.05) is 52.5 Å². The highest BCUT2D eigenvalue weighted by molar-refractivity contribution is 14.0. The molecule has 2 fully saturated rings. The number of carbonyl (C=O) groups excluding carboxylic acids is 1. The lowest BCUT2D eigenvalue weighted by atomic mass is 9.95. The number of benzene rings is 1. The van der Waals surface area contributed by atoms with Crippen molar-refractivity contribution in [1.82, 2.24) is 20.0 Å². The normalized spacial score (nSPS) is 22.2. The molecule has 1 N–H and O–H groups in total. The molecule has 9 heteroatoms. The minimum atomic E-state index is 0. The zero-order valence-electron chi connectivity index (χ0n) is 17.4. The van der Waals surface area contributed by atoms with Crippen LogP contribution in [0.4, 0.5) is 5.69 Å². The molecule has 2 unspecified atom stereocenters. The summed E-state index contributed by atoms with van der Waals surface area (Å²) in [5.74, 6) is 1.20. The molecule has 0 aliphatic carbocycles. The van der Waals surface area contributed by atoms with Gasteiger partial charge in [0.2, 0.25) is 5.91 Å². The first-order valence-corrected chi connectivity index (χ1v) is 10.1. The van der Waals surface area contributed by atoms with Crippen LogP contribution in [0.15, 0.2) is 47.7 Å². The molecule has 2 aliphatic rings. The van der Waals surface area contributed by atoms with Gasteiger partial charge in [-0.2, -0.15) is 5.10 Å². The van der Waals surface area contributed by atoms with Crippen LogP contribution in [0.5, 0.6) is 0 Å². The molecule has 30 heavy (non-hydrogen) atoms. The van der Waals surface area contributed by atoms with Gasteiger partial charge in [-0.25, -0.2) is 0 Å². The van der Waals surface area contributed by atoms with Gasteiger partial charge >= 0.3 is 0 Å². The molecule has 1 aromatic carbocycles. The Morgan fingerprint density at radius 1 is 1.30 bits per heavy atom. The predicted molar refractivity (Wildman–Crippen MR) is 127 cm³/mol. The van der Waals surface area contributed by atoms with E-state index in [9.17, 15) is 4.79 Å². The number of ether oxygens (including phenoxy) is 1. The molecular formula is C21H29IN6O2. The van der Waals surface area contributed by atoms with E-state index in [1.807, 2.05) is 36.3 Å². The summed E-state index contributed by atoms with van der Waals surface area (Å²) in [7, 11) is 3.62. The van der Waals surface area contributed by atoms with Gasteiger partial charge in [0.1, 0.15) is 6.54 Å². The van der Waals surface area contributed by atoms with E-state index in [2.05, 4.69) is 27.5 Å². The van der Waals surface area contributed by atoms with Crippen molar-refractivity contribution in [2.75, 3.05) is 44.7 Å². The Morgan fingerprint density at radius 3 is 2.77 bits per heavy atom. The summed E-state index contributed by atoms with van der Waals surface area (Å²) < 4.78 is 7.69. The molecule has 2 atom stereocenters. The lowest BCUT2D eigenvalue weighted by Gasteiger charge is -2.35. The summed E-state index contributed by atoms with van der Waals surface area (Å²) in [6.45, 7) is 3.18. The Labute approximate surface area is 194 Å². The van der Waals surface area contributed by atoms with Crippen LogP contribution in [0.1, 0.15) is 18.1 Å². The number of hydrogen-bond donors (Lipinski definition) is 1. The van der Waals surface area contributed by atoms with E-state index in [4.69, 9.17) is 4.74 Å². The number of nitrogens with zero attached hydrogens (tertiary/aromatic N) is 5. The number of nitrogens with one attached hydrogen (secondary N) is 1. The highest BCUT2D eigenvalue weighted by atomic mass is 127. The van der Waals surface area contributed by atoms with Crippen LogP contribution < -0.4 is 10.2 Å². The molecule has 4 rings (SSSR count). The zero-order valence-corrected chi connectivity index (χ0v) is 19.7. The molecule has 1 aromatic heterocycles. The van der Waals surface area contributed by atoms with Crippen molar-refractivity contribution in [3.63, 3.8) is 0 Å². The largest absolute Gasteiger partial charge is 0.373 e. The number of hydrogen-bond acceptors (Lipinski definition) is 4. The summed E-state index contributed by atoms with van der Waals surface area (Å²) in [5, 5.41) is 7.63. The number of aryl methyl sites for hydroxylation is 1. The fourth-order valence-electron chi connectivity index (χ4n) is 4.08. The average Bonchev–Trinajstić information content (AvgIpc) is 3.38. The standard InChI is InChI=1S/C21H28N6O2.HI/c1-22-21(23-12-17-8-11-29-20(17)16-6-4-3-5-7-16)26-9-10-27(19(28)15-26)18-13-24-25(2)14-18;/h3-7,13-14,17,20H,8-12,15H2,1-2H3,(H,22,23);1H. The van der Waals surface area contributed by atoms with E-state index >= 15 is 0 Å². The summed E-state index contributed by atoms with van der Waals surface area (Å²) in [4.78, 5) is 20.9. The smallest absolute Gasteiger partial charge is 0.246 e. The molecule has 2 aliphatic heterocycles. The number of carbonyl (C=O) groups is 1. The number of piperazine rings is 1. The molecule has 3 heterocycles. The first-order chi connectivity index (χ1) is 14.2. The second kappa shape index (κ2) is 10.3. The van der Waals surface area contributed by atoms with Gasteiger partial charge in [-0.05, 0) is 12.0 Å². The third-order valence-corrected chi connectivity index (χ3v) is 5.60. The van der Waals surface area contributed by atoms with Crippen LogP contribution in [0.25, 0.3) is 0 Å². The third-order valence-electron chi connectivity index (χ3n) is 5.60. The highest BCUT2D eigenvalue weighted by Gasteiger charge is 2.31. The minimum Gasteiger partial charge on any atom is -0.373 e. The highest BCUT2D eigenvalue weighted by Crippen LogP contribution is 2.33. The van der Waals surface area contributed by atoms with Crippen molar-refractivity contribution >= 4 is 41.5 Å². The van der Waals surface area contributed by atoms with Crippen LogP contribution in [0, 0.1) is 5.92 Å². The van der Waals surface area contributed by atoms with Crippen LogP contribution in [0.3, 0.4) is 0 Å². The number of aliphatic imine (C=N–C) groups is 1. The number of halogens is 1. The Kier molecular flexibility index (Phi) is 7.70. The van der Waals surface area contributed by atoms with Gasteiger partial charge in [-0.3, -0.25) is 14.5 Å². The zero-order chi connectivity index (χ0) is 20.2. The maximum atomic E-state index is 12.7. The molecule has 2 aromatic rings. The number of aromatic nitrogens is 2. The number of rotatable bonds is 4. The maximum absolute atomic E-state index is 12.7. The van der Waals surface area contributed by atoms with Crippen LogP contribution in [0.2, 0.25) is 0 Å². The van der Waals surface area contributed by atoms with E-state index in [0.29, 0.717) is 19.0 Å². The van der Waals surface area contributed by atoms with E-state index in [-0.39, 0.29) is 36.0 Å². The number of guanidine groups is 1. The SMILES string of the molecule is CN=C(NCC1CCOC1c1ccccc1)N1CCN(c2cnn(C)c2)C(=O)C1.I. The van der Waals surface area contributed by atoms with Crippen LogP contribution in [-0.4, -0.2) is 66.4 Å². The Balaban J connectivity index is 0.00000256. The van der Waals surface area contributed by atoms with E-state index in [1.54, 1.807) is 22.8 Å². The first kappa shape index (κ1) is 22.5. The Morgan fingerprint density at radius 2 is 2.10 bits per heavy atom. The van der Waals surface area contributed by atoms with Crippen molar-refractivity contribution in [2.24, 2.45) is 18.0 Å². The fourth-order valence-corrected chi connectivity index (χ4v) is 4.08. The Hall–Kier alpha value is -2.14. The molecule has 2 saturated heterocycles. The van der Waals surface area contributed by atoms with Gasteiger partial charge < -0.3 is 19.9 Å². The van der Waals surface area contributed by atoms with Crippen molar-refractivity contribution < 1.29 is 9.53 Å². The summed E-state index contributed by atoms with van der Waals surface area (Å²) >= 11 is 0. The molecule has 0 spiro atoms. The molecule has 1 amide bonds. The summed E-state index contributed by atoms with van der Waals surface area (Å²) in [6, 6.07) is 10.4. The molecule has 8 nitrogen and oxygen atoms in total. The second-order valence-corrected chi connectivity index (χ2v) is 7.52. The van der Waals surface area contributed by atoms with Crippen molar-refractivity contribution in [3.8, 4) is 0 Å². The molecular weight excluding hydrogens is 495 g/mol. The van der Waals surface area contributed by atoms with E-state index < -0.39 is 0 Å². The van der Waals surface area contributed by atoms with E-state index in [1.165, 1.54) is 5.56 Å². The van der Waals surface area contributed by atoms with Crippen LogP contribution >= 0.6 is 24.0 Å². The Bertz CT molecular complexity index is 871. The minimum absolute atomic E-state index is 0. The summed E-state index contributed by atoms with van der Waals surface area (Å²) in [5.41, 5.74) is 2.06. The lowest BCUT2D eigenvalue weighted by molar-refractivity contribution is -0.120. The second-order valence-electron chi connectivity index (χ2n) is 7.52. The molecule has 0 saturated carbocycles. The third kappa shape index (κ3) is 4.94.